The summed E-state index contributed by atoms with van der Waals surface area (Å²) in [5.74, 6) is -1.22. The average Bonchev–Trinajstić information content (AvgIpc) is 2.96. The molecule has 4 rings (SSSR count). The van der Waals surface area contributed by atoms with Crippen LogP contribution in [0.5, 0.6) is 5.75 Å². The number of alkyl halides is 1. The van der Waals surface area contributed by atoms with Gasteiger partial charge in [0.2, 0.25) is 5.91 Å². The Morgan fingerprint density at radius 1 is 0.809 bits per heavy atom. The summed E-state index contributed by atoms with van der Waals surface area (Å²) < 4.78 is 86.0. The number of hydrogen-bond donors (Lipinski definition) is 6. The minimum atomic E-state index is -4.45. The Bertz CT molecular complexity index is 2140. The summed E-state index contributed by atoms with van der Waals surface area (Å²) >= 11 is 5.45. The first-order valence-electron chi connectivity index (χ1n) is 13.4. The van der Waals surface area contributed by atoms with Gasteiger partial charge in [-0.1, -0.05) is 19.1 Å². The van der Waals surface area contributed by atoms with E-state index in [-0.39, 0.29) is 46.0 Å². The van der Waals surface area contributed by atoms with Crippen LogP contribution in [0.3, 0.4) is 0 Å². The number of halogens is 1. The van der Waals surface area contributed by atoms with Crippen molar-refractivity contribution in [1.82, 2.24) is 0 Å². The number of nitrogen functional groups attached to an aromatic ring is 1. The molecule has 2 amide bonds. The van der Waals surface area contributed by atoms with E-state index in [1.54, 1.807) is 19.1 Å². The minimum Gasteiger partial charge on any atom is -0.507 e. The van der Waals surface area contributed by atoms with Crippen molar-refractivity contribution in [1.29, 1.82) is 0 Å². The summed E-state index contributed by atoms with van der Waals surface area (Å²) in [6.45, 7) is 1.71. The highest BCUT2D eigenvalue weighted by Crippen LogP contribution is 2.30. The molecule has 0 aromatic heterocycles. The minimum absolute atomic E-state index is 0.0162. The topological polar surface area (TPSA) is 247 Å². The molecule has 0 aliphatic carbocycles. The number of aromatic hydroxyl groups is 1. The molecule has 14 nitrogen and oxygen atoms in total. The van der Waals surface area contributed by atoms with Crippen LogP contribution < -0.4 is 16.4 Å². The lowest BCUT2D eigenvalue weighted by molar-refractivity contribution is -0.115. The molecule has 4 aromatic rings. The predicted octanol–water partition coefficient (Wildman–Crippen LogP) is 4.06. The van der Waals surface area contributed by atoms with Gasteiger partial charge in [0.1, 0.15) is 10.6 Å². The van der Waals surface area contributed by atoms with Crippen molar-refractivity contribution in [3.05, 3.63) is 83.9 Å². The molecule has 0 atom stereocenters. The van der Waals surface area contributed by atoms with Gasteiger partial charge in [0.25, 0.3) is 26.1 Å². The summed E-state index contributed by atoms with van der Waals surface area (Å²) in [5, 5.41) is 15.8. The molecule has 252 valence electrons. The lowest BCUT2D eigenvalue weighted by atomic mass is 10.1. The number of nitrogens with two attached hydrogens (primary N) is 1. The van der Waals surface area contributed by atoms with Crippen LogP contribution in [0.25, 0.3) is 10.8 Å². The zero-order valence-electron chi connectivity index (χ0n) is 24.5. The fourth-order valence-electron chi connectivity index (χ4n) is 4.06. The molecule has 0 saturated carbocycles. The number of fused-ring (bicyclic) bond motifs is 1. The molecular formula is C29H30ClN3O11S3. The molecule has 0 radical (unpaired) electrons. The van der Waals surface area contributed by atoms with E-state index in [2.05, 4.69) is 10.6 Å². The lowest BCUT2D eigenvalue weighted by Crippen LogP contribution is -2.13. The molecule has 18 heteroatoms. The first-order valence-corrected chi connectivity index (χ1v) is 18.6. The van der Waals surface area contributed by atoms with Crippen LogP contribution in [0.1, 0.15) is 29.3 Å². The molecule has 0 unspecified atom stereocenters. The largest absolute Gasteiger partial charge is 0.507 e. The van der Waals surface area contributed by atoms with Gasteiger partial charge in [0.15, 0.2) is 9.84 Å². The third kappa shape index (κ3) is 10.6. The zero-order chi connectivity index (χ0) is 35.2. The van der Waals surface area contributed by atoms with Crippen LogP contribution in [0.15, 0.2) is 82.6 Å². The van der Waals surface area contributed by atoms with Gasteiger partial charge in [0, 0.05) is 40.7 Å². The van der Waals surface area contributed by atoms with Crippen LogP contribution in [0, 0.1) is 0 Å². The van der Waals surface area contributed by atoms with Crippen LogP contribution >= 0.6 is 11.6 Å². The van der Waals surface area contributed by atoms with E-state index >= 15 is 0 Å². The predicted molar refractivity (Wildman–Crippen MR) is 178 cm³/mol. The SMILES string of the molecule is CCC(=O)Nc1ccc2c(O)cc(S(=O)(=O)O)cc2c1.Nc1cc(NC(=O)c2ccc(CS(=O)(=O)CCCl)cc2)ccc1S(=O)(=O)O. The molecule has 0 bridgehead atoms. The number of hydrogen-bond acceptors (Lipinski definition) is 10. The van der Waals surface area contributed by atoms with Crippen LogP contribution in [-0.2, 0) is 40.6 Å². The molecule has 0 aliphatic rings. The molecular weight excluding hydrogens is 698 g/mol. The molecule has 4 aromatic carbocycles. The Balaban J connectivity index is 0.000000267. The summed E-state index contributed by atoms with van der Waals surface area (Å²) in [5.41, 5.74) is 6.87. The Morgan fingerprint density at radius 2 is 1.43 bits per heavy atom. The first kappa shape index (κ1) is 37.2. The fraction of sp³-hybridized carbons (Fsp3) is 0.172. The van der Waals surface area contributed by atoms with Crippen molar-refractivity contribution in [3.8, 4) is 5.75 Å². The Kier molecular flexibility index (Phi) is 11.9. The van der Waals surface area contributed by atoms with Gasteiger partial charge in [-0.05, 0) is 65.5 Å². The molecule has 0 heterocycles. The molecule has 0 fully saturated rings. The highest BCUT2D eigenvalue weighted by Gasteiger charge is 2.16. The highest BCUT2D eigenvalue weighted by molar-refractivity contribution is 7.90. The number of phenolic OH excluding ortho intramolecular Hbond substituents is 1. The van der Waals surface area contributed by atoms with E-state index in [0.717, 1.165) is 12.1 Å². The second kappa shape index (κ2) is 15.1. The summed E-state index contributed by atoms with van der Waals surface area (Å²) in [7, 11) is -12.2. The monoisotopic (exact) mass is 727 g/mol. The quantitative estimate of drug-likeness (QED) is 0.0769. The number of carbonyl (C=O) groups is 2. The van der Waals surface area contributed by atoms with Crippen molar-refractivity contribution >= 4 is 81.3 Å². The number of nitrogens with one attached hydrogen (secondary N) is 2. The maximum absolute atomic E-state index is 12.3. The van der Waals surface area contributed by atoms with E-state index in [1.807, 2.05) is 0 Å². The zero-order valence-corrected chi connectivity index (χ0v) is 27.7. The average molecular weight is 728 g/mol. The standard InChI is InChI=1S/C16H17ClN2O6S2.C13H13NO5S/c17-7-8-26(21,22)10-11-1-3-12(4-2-11)16(20)19-13-5-6-15(14(18)9-13)27(23,24)25;1-2-13(16)14-9-3-4-11-8(5-9)6-10(7-12(11)15)20(17,18)19/h1-6,9H,7-8,10,18H2,(H,19,20)(H,23,24,25);3-7,15H,2H2,1H3,(H,14,16)(H,17,18,19). The number of rotatable bonds is 10. The Hall–Kier alpha value is -4.26. The van der Waals surface area contributed by atoms with Crippen molar-refractivity contribution in [2.75, 3.05) is 28.0 Å². The van der Waals surface area contributed by atoms with Crippen LogP contribution in [0.2, 0.25) is 0 Å². The maximum Gasteiger partial charge on any atom is 0.296 e. The number of amides is 2. The van der Waals surface area contributed by atoms with Gasteiger partial charge < -0.3 is 21.5 Å². The smallest absolute Gasteiger partial charge is 0.296 e. The Morgan fingerprint density at radius 3 is 1.98 bits per heavy atom. The fourth-order valence-corrected chi connectivity index (χ4v) is 6.98. The Labute approximate surface area is 276 Å². The lowest BCUT2D eigenvalue weighted by Gasteiger charge is -2.09. The van der Waals surface area contributed by atoms with Gasteiger partial charge in [0.05, 0.1) is 22.1 Å². The van der Waals surface area contributed by atoms with Crippen molar-refractivity contribution < 1.29 is 49.1 Å². The summed E-state index contributed by atoms with van der Waals surface area (Å²) in [4.78, 5) is 22.7. The van der Waals surface area contributed by atoms with E-state index in [1.165, 1.54) is 48.5 Å². The highest BCUT2D eigenvalue weighted by atomic mass is 35.5. The van der Waals surface area contributed by atoms with E-state index < -0.39 is 45.8 Å². The van der Waals surface area contributed by atoms with Crippen molar-refractivity contribution in [3.63, 3.8) is 0 Å². The van der Waals surface area contributed by atoms with Crippen molar-refractivity contribution in [2.24, 2.45) is 0 Å². The number of sulfone groups is 1. The van der Waals surface area contributed by atoms with E-state index in [9.17, 15) is 39.9 Å². The number of carbonyl (C=O) groups excluding carboxylic acids is 2. The third-order valence-electron chi connectivity index (χ3n) is 6.34. The van der Waals surface area contributed by atoms with Gasteiger partial charge in [-0.2, -0.15) is 16.8 Å². The second-order valence-corrected chi connectivity index (χ2v) is 15.3. The maximum atomic E-state index is 12.3. The number of benzene rings is 4. The third-order valence-corrected chi connectivity index (χ3v) is 10.1. The van der Waals surface area contributed by atoms with Crippen molar-refractivity contribution in [2.45, 2.75) is 28.9 Å². The summed E-state index contributed by atoms with van der Waals surface area (Å²) in [6.07, 6.45) is 0.314. The molecule has 7 N–H and O–H groups in total. The van der Waals surface area contributed by atoms with Gasteiger partial charge >= 0.3 is 0 Å². The van der Waals surface area contributed by atoms with Gasteiger partial charge in [-0.3, -0.25) is 18.7 Å². The molecule has 0 spiro atoms. The number of anilines is 3. The normalized spacial score (nSPS) is 11.7. The van der Waals surface area contributed by atoms with Crippen LogP contribution in [0.4, 0.5) is 17.1 Å². The molecule has 0 saturated heterocycles. The van der Waals surface area contributed by atoms with Gasteiger partial charge in [-0.25, -0.2) is 8.42 Å². The van der Waals surface area contributed by atoms with Gasteiger partial charge in [-0.15, -0.1) is 11.6 Å². The molecule has 0 aliphatic heterocycles. The number of phenols is 1. The molecule has 47 heavy (non-hydrogen) atoms. The van der Waals surface area contributed by atoms with Crippen LogP contribution in [-0.4, -0.2) is 62.9 Å². The van der Waals surface area contributed by atoms with E-state index in [0.29, 0.717) is 28.4 Å². The summed E-state index contributed by atoms with van der Waals surface area (Å²) in [6, 6.07) is 16.4. The first-order chi connectivity index (χ1) is 21.8. The second-order valence-electron chi connectivity index (χ2n) is 9.91. The van der Waals surface area contributed by atoms with E-state index in [4.69, 9.17) is 26.4 Å².